The van der Waals surface area contributed by atoms with Crippen molar-refractivity contribution in [2.45, 2.75) is 13.0 Å². The minimum absolute atomic E-state index is 0.0209. The molecule has 0 saturated heterocycles. The fraction of sp³-hybridized carbons (Fsp3) is 0.231. The zero-order valence-electron chi connectivity index (χ0n) is 9.67. The topological polar surface area (TPSA) is 58.0 Å². The highest BCUT2D eigenvalue weighted by atomic mass is 16.3. The highest BCUT2D eigenvalue weighted by Crippen LogP contribution is 2.17. The minimum atomic E-state index is -0.148. The Labute approximate surface area is 100 Å². The summed E-state index contributed by atoms with van der Waals surface area (Å²) in [6.45, 7) is 1.86. The molecule has 0 amide bonds. The first kappa shape index (κ1) is 11.5. The lowest BCUT2D eigenvalue weighted by atomic mass is 10.1. The quantitative estimate of drug-likeness (QED) is 0.841. The molecule has 2 N–H and O–H groups in total. The number of nitrogens with zero attached hydrogens (tertiary/aromatic N) is 2. The fourth-order valence-corrected chi connectivity index (χ4v) is 1.63. The van der Waals surface area contributed by atoms with E-state index in [-0.39, 0.29) is 12.6 Å². The molecule has 2 rings (SSSR count). The second kappa shape index (κ2) is 5.41. The maximum Gasteiger partial charge on any atom is 0.130 e. The molecule has 1 aromatic heterocycles. The largest absolute Gasteiger partial charge is 0.394 e. The zero-order chi connectivity index (χ0) is 12.1. The van der Waals surface area contributed by atoms with Crippen molar-refractivity contribution >= 4 is 5.82 Å². The highest BCUT2D eigenvalue weighted by molar-refractivity contribution is 5.37. The molecule has 0 spiro atoms. The van der Waals surface area contributed by atoms with Crippen molar-refractivity contribution < 1.29 is 5.11 Å². The Hall–Kier alpha value is -1.94. The number of aryl methyl sites for hydroxylation is 1. The number of benzene rings is 1. The lowest BCUT2D eigenvalue weighted by Gasteiger charge is -2.17. The van der Waals surface area contributed by atoms with E-state index in [2.05, 4.69) is 15.3 Å². The predicted octanol–water partition coefficient (Wildman–Crippen LogP) is 1.93. The van der Waals surface area contributed by atoms with Gasteiger partial charge in [0.15, 0.2) is 0 Å². The summed E-state index contributed by atoms with van der Waals surface area (Å²) >= 11 is 0. The van der Waals surface area contributed by atoms with Crippen molar-refractivity contribution in [1.82, 2.24) is 9.97 Å². The van der Waals surface area contributed by atoms with E-state index < -0.39 is 0 Å². The Bertz CT molecular complexity index is 473. The Morgan fingerprint density at radius 1 is 1.24 bits per heavy atom. The molecule has 0 bridgehead atoms. The van der Waals surface area contributed by atoms with Crippen LogP contribution in [0.2, 0.25) is 0 Å². The third-order valence-electron chi connectivity index (χ3n) is 2.48. The van der Waals surface area contributed by atoms with Crippen LogP contribution >= 0.6 is 0 Å². The van der Waals surface area contributed by atoms with Crippen molar-refractivity contribution in [2.24, 2.45) is 0 Å². The summed E-state index contributed by atoms with van der Waals surface area (Å²) in [7, 11) is 0. The first-order valence-corrected chi connectivity index (χ1v) is 5.51. The number of anilines is 1. The van der Waals surface area contributed by atoms with Gasteiger partial charge in [-0.3, -0.25) is 0 Å². The van der Waals surface area contributed by atoms with Gasteiger partial charge in [-0.05, 0) is 18.6 Å². The molecule has 17 heavy (non-hydrogen) atoms. The molecule has 0 aliphatic heterocycles. The molecule has 4 heteroatoms. The van der Waals surface area contributed by atoms with Crippen LogP contribution in [0, 0.1) is 6.92 Å². The number of rotatable bonds is 4. The maximum atomic E-state index is 9.40. The molecule has 1 atom stereocenters. The Kier molecular flexibility index (Phi) is 3.67. The number of nitrogens with one attached hydrogen (secondary N) is 1. The highest BCUT2D eigenvalue weighted by Gasteiger charge is 2.10. The second-order valence-electron chi connectivity index (χ2n) is 3.78. The number of hydrogen-bond acceptors (Lipinski definition) is 4. The normalized spacial score (nSPS) is 12.1. The summed E-state index contributed by atoms with van der Waals surface area (Å²) < 4.78 is 0. The average Bonchev–Trinajstić information content (AvgIpc) is 2.37. The van der Waals surface area contributed by atoms with Gasteiger partial charge in [-0.1, -0.05) is 30.3 Å². The molecule has 1 aromatic carbocycles. The third-order valence-corrected chi connectivity index (χ3v) is 2.48. The van der Waals surface area contributed by atoms with Gasteiger partial charge in [-0.2, -0.15) is 0 Å². The molecular weight excluding hydrogens is 214 g/mol. The molecule has 4 nitrogen and oxygen atoms in total. The summed E-state index contributed by atoms with van der Waals surface area (Å²) in [6, 6.07) is 11.4. The van der Waals surface area contributed by atoms with Crippen LogP contribution in [0.15, 0.2) is 42.6 Å². The zero-order valence-corrected chi connectivity index (χ0v) is 9.67. The van der Waals surface area contributed by atoms with E-state index in [1.807, 2.05) is 37.3 Å². The van der Waals surface area contributed by atoms with E-state index in [1.165, 1.54) is 0 Å². The van der Waals surface area contributed by atoms with E-state index in [1.54, 1.807) is 12.3 Å². The van der Waals surface area contributed by atoms with E-state index in [0.29, 0.717) is 5.82 Å². The van der Waals surface area contributed by atoms with Gasteiger partial charge in [0.1, 0.15) is 11.6 Å². The second-order valence-corrected chi connectivity index (χ2v) is 3.78. The van der Waals surface area contributed by atoms with E-state index in [0.717, 1.165) is 11.4 Å². The molecule has 0 aliphatic rings. The van der Waals surface area contributed by atoms with Gasteiger partial charge in [-0.15, -0.1) is 0 Å². The van der Waals surface area contributed by atoms with Gasteiger partial charge < -0.3 is 10.4 Å². The lowest BCUT2D eigenvalue weighted by Crippen LogP contribution is -2.15. The van der Waals surface area contributed by atoms with Crippen LogP contribution < -0.4 is 5.32 Å². The van der Waals surface area contributed by atoms with E-state index in [9.17, 15) is 5.11 Å². The van der Waals surface area contributed by atoms with Gasteiger partial charge in [0.25, 0.3) is 0 Å². The van der Waals surface area contributed by atoms with Gasteiger partial charge in [-0.25, -0.2) is 9.97 Å². The summed E-state index contributed by atoms with van der Waals surface area (Å²) in [5.74, 6) is 1.43. The molecular formula is C13H15N3O. The lowest BCUT2D eigenvalue weighted by molar-refractivity contribution is 0.276. The first-order chi connectivity index (χ1) is 8.29. The first-order valence-electron chi connectivity index (χ1n) is 5.51. The van der Waals surface area contributed by atoms with Crippen molar-refractivity contribution in [2.75, 3.05) is 11.9 Å². The summed E-state index contributed by atoms with van der Waals surface area (Å²) in [5, 5.41) is 12.6. The van der Waals surface area contributed by atoms with Gasteiger partial charge in [0, 0.05) is 6.20 Å². The van der Waals surface area contributed by atoms with Crippen LogP contribution in [0.1, 0.15) is 17.4 Å². The third kappa shape index (κ3) is 3.01. The summed E-state index contributed by atoms with van der Waals surface area (Å²) in [4.78, 5) is 8.29. The van der Waals surface area contributed by atoms with Gasteiger partial charge in [0.05, 0.1) is 12.6 Å². The SMILES string of the molecule is Cc1nccc(NC(CO)c2ccccc2)n1. The molecule has 1 heterocycles. The van der Waals surface area contributed by atoms with Gasteiger partial charge >= 0.3 is 0 Å². The molecule has 2 aromatic rings. The Morgan fingerprint density at radius 2 is 2.00 bits per heavy atom. The van der Waals surface area contributed by atoms with Crippen LogP contribution in [-0.4, -0.2) is 21.7 Å². The number of aliphatic hydroxyl groups excluding tert-OH is 1. The molecule has 88 valence electrons. The van der Waals surface area contributed by atoms with Crippen molar-refractivity contribution in [3.05, 3.63) is 54.0 Å². The van der Waals surface area contributed by atoms with E-state index in [4.69, 9.17) is 0 Å². The summed E-state index contributed by atoms with van der Waals surface area (Å²) in [6.07, 6.45) is 1.70. The summed E-state index contributed by atoms with van der Waals surface area (Å²) in [5.41, 5.74) is 1.03. The number of hydrogen-bond donors (Lipinski definition) is 2. The molecule has 0 aliphatic carbocycles. The number of aliphatic hydroxyl groups is 1. The number of aromatic nitrogens is 2. The van der Waals surface area contributed by atoms with Crippen LogP contribution in [0.5, 0.6) is 0 Å². The Balaban J connectivity index is 2.16. The minimum Gasteiger partial charge on any atom is -0.394 e. The van der Waals surface area contributed by atoms with E-state index >= 15 is 0 Å². The maximum absolute atomic E-state index is 9.40. The fourth-order valence-electron chi connectivity index (χ4n) is 1.63. The molecule has 0 radical (unpaired) electrons. The smallest absolute Gasteiger partial charge is 0.130 e. The van der Waals surface area contributed by atoms with Crippen LogP contribution in [0.3, 0.4) is 0 Å². The average molecular weight is 229 g/mol. The Morgan fingerprint density at radius 3 is 2.65 bits per heavy atom. The van der Waals surface area contributed by atoms with Crippen LogP contribution in [-0.2, 0) is 0 Å². The molecule has 0 fully saturated rings. The van der Waals surface area contributed by atoms with Crippen LogP contribution in [0.4, 0.5) is 5.82 Å². The van der Waals surface area contributed by atoms with Crippen molar-refractivity contribution in [1.29, 1.82) is 0 Å². The van der Waals surface area contributed by atoms with Gasteiger partial charge in [0.2, 0.25) is 0 Å². The van der Waals surface area contributed by atoms with Crippen molar-refractivity contribution in [3.8, 4) is 0 Å². The standard InChI is InChI=1S/C13H15N3O/c1-10-14-8-7-13(15-10)16-12(9-17)11-5-3-2-4-6-11/h2-8,12,17H,9H2,1H3,(H,14,15,16). The predicted molar refractivity (Wildman–Crippen MR) is 66.7 cm³/mol. The van der Waals surface area contributed by atoms with Crippen LogP contribution in [0.25, 0.3) is 0 Å². The monoisotopic (exact) mass is 229 g/mol. The molecule has 1 unspecified atom stereocenters. The molecule has 0 saturated carbocycles. The van der Waals surface area contributed by atoms with Crippen molar-refractivity contribution in [3.63, 3.8) is 0 Å².